The van der Waals surface area contributed by atoms with Crippen LogP contribution in [0, 0.1) is 41.5 Å². The van der Waals surface area contributed by atoms with Crippen molar-refractivity contribution in [3.8, 4) is 33.8 Å². The fourth-order valence-corrected chi connectivity index (χ4v) is 8.19. The second kappa shape index (κ2) is 16.1. The zero-order valence-corrected chi connectivity index (χ0v) is 35.9. The monoisotopic (exact) mass is 821 g/mol. The Hall–Kier alpha value is -7.97. The first-order chi connectivity index (χ1) is 30.7. The summed E-state index contributed by atoms with van der Waals surface area (Å²) in [5.74, 6) is 0. The van der Waals surface area contributed by atoms with Crippen LogP contribution in [0.15, 0.2) is 165 Å². The lowest BCUT2D eigenvalue weighted by Gasteiger charge is -2.04. The molecule has 0 aliphatic carbocycles. The van der Waals surface area contributed by atoms with Crippen LogP contribution in [0.3, 0.4) is 0 Å². The Kier molecular flexibility index (Phi) is 10.0. The number of nitrogens with zero attached hydrogens (tertiary/aromatic N) is 5. The fourth-order valence-electron chi connectivity index (χ4n) is 8.19. The van der Waals surface area contributed by atoms with Crippen LogP contribution in [0.2, 0.25) is 0 Å². The molecule has 0 radical (unpaired) electrons. The highest BCUT2D eigenvalue weighted by atomic mass is 16.4. The van der Waals surface area contributed by atoms with Crippen molar-refractivity contribution in [2.75, 3.05) is 0 Å². The van der Waals surface area contributed by atoms with Crippen LogP contribution in [0.5, 0.6) is 0 Å². The Balaban J connectivity index is 0.000000112. The summed E-state index contributed by atoms with van der Waals surface area (Å²) in [7, 11) is 0. The molecule has 4 aromatic carbocycles. The maximum Gasteiger partial charge on any atom is 0.230 e. The summed E-state index contributed by atoms with van der Waals surface area (Å²) in [4.78, 5) is 22.4. The maximum absolute atomic E-state index is 5.91. The van der Waals surface area contributed by atoms with E-state index < -0.39 is 0 Å². The molecule has 8 heterocycles. The lowest BCUT2D eigenvalue weighted by molar-refractivity contribution is 0.640. The third-order valence-electron chi connectivity index (χ3n) is 11.4. The molecule has 0 atom stereocenters. The van der Waals surface area contributed by atoms with Gasteiger partial charge in [0, 0.05) is 51.4 Å². The molecule has 0 saturated carbocycles. The van der Waals surface area contributed by atoms with Crippen molar-refractivity contribution in [2.24, 2.45) is 0 Å². The molecule has 63 heavy (non-hydrogen) atoms. The minimum Gasteiger partial charge on any atom is -0.438 e. The highest BCUT2D eigenvalue weighted by Gasteiger charge is 2.15. The van der Waals surface area contributed by atoms with Crippen molar-refractivity contribution >= 4 is 66.3 Å². The third kappa shape index (κ3) is 7.57. The number of pyridine rings is 5. The van der Waals surface area contributed by atoms with Crippen molar-refractivity contribution in [3.63, 3.8) is 0 Å². The molecule has 12 aromatic rings. The van der Waals surface area contributed by atoms with E-state index in [1.54, 1.807) is 12.4 Å². The number of rotatable bonds is 3. The van der Waals surface area contributed by atoms with E-state index in [0.29, 0.717) is 22.9 Å². The van der Waals surface area contributed by atoms with Gasteiger partial charge >= 0.3 is 0 Å². The van der Waals surface area contributed by atoms with Gasteiger partial charge in [-0.25, -0.2) is 19.9 Å². The van der Waals surface area contributed by atoms with Gasteiger partial charge < -0.3 is 13.3 Å². The molecule has 0 unspecified atom stereocenters. The van der Waals surface area contributed by atoms with E-state index in [4.69, 9.17) is 18.2 Å². The molecule has 0 saturated heterocycles. The van der Waals surface area contributed by atoms with Crippen molar-refractivity contribution < 1.29 is 13.3 Å². The molecule has 0 aliphatic rings. The summed E-state index contributed by atoms with van der Waals surface area (Å²) < 4.78 is 17.6. The number of aromatic nitrogens is 5. The molecule has 0 spiro atoms. The predicted octanol–water partition coefficient (Wildman–Crippen LogP) is 14.6. The van der Waals surface area contributed by atoms with Gasteiger partial charge in [0.25, 0.3) is 0 Å². The lowest BCUT2D eigenvalue weighted by Crippen LogP contribution is -1.87. The average molecular weight is 822 g/mol. The van der Waals surface area contributed by atoms with Crippen LogP contribution in [0.1, 0.15) is 33.4 Å². The highest BCUT2D eigenvalue weighted by molar-refractivity contribution is 6.07. The zero-order valence-electron chi connectivity index (χ0n) is 35.9. The summed E-state index contributed by atoms with van der Waals surface area (Å²) >= 11 is 0. The Morgan fingerprint density at radius 2 is 0.857 bits per heavy atom. The first-order valence-electron chi connectivity index (χ1n) is 21.0. The molecule has 0 bridgehead atoms. The van der Waals surface area contributed by atoms with Gasteiger partial charge in [-0.05, 0) is 124 Å². The van der Waals surface area contributed by atoms with Gasteiger partial charge in [-0.15, -0.1) is 0 Å². The molecule has 12 rings (SSSR count). The number of furan rings is 3. The van der Waals surface area contributed by atoms with E-state index in [0.717, 1.165) is 88.4 Å². The molecular weight excluding hydrogens is 779 g/mol. The second-order valence-electron chi connectivity index (χ2n) is 16.1. The van der Waals surface area contributed by atoms with Crippen molar-refractivity contribution in [1.82, 2.24) is 24.9 Å². The smallest absolute Gasteiger partial charge is 0.230 e. The molecule has 8 aromatic heterocycles. The minimum absolute atomic E-state index is 0.643. The van der Waals surface area contributed by atoms with Crippen LogP contribution in [0.4, 0.5) is 0 Å². The zero-order chi connectivity index (χ0) is 43.2. The minimum atomic E-state index is 0.643. The van der Waals surface area contributed by atoms with Gasteiger partial charge in [0.2, 0.25) is 22.9 Å². The van der Waals surface area contributed by atoms with E-state index in [9.17, 15) is 0 Å². The molecular formula is C55H43N5O3. The molecule has 306 valence electrons. The van der Waals surface area contributed by atoms with Gasteiger partial charge in [0.05, 0.1) is 33.2 Å². The van der Waals surface area contributed by atoms with Gasteiger partial charge in [-0.3, -0.25) is 4.98 Å². The van der Waals surface area contributed by atoms with Gasteiger partial charge in [-0.1, -0.05) is 83.9 Å². The largest absolute Gasteiger partial charge is 0.438 e. The molecule has 0 fully saturated rings. The molecule has 0 aliphatic heterocycles. The van der Waals surface area contributed by atoms with Gasteiger partial charge in [0.1, 0.15) is 11.2 Å². The fraction of sp³-hybridized carbons (Fsp3) is 0.109. The number of hydrogen-bond acceptors (Lipinski definition) is 8. The second-order valence-corrected chi connectivity index (χ2v) is 16.1. The standard InChI is InChI=1S/C19H15NO.2C18H14N2O/c1-12-7-9-14(10-8-12)16-11-13(2)18-15-5-3-4-6-17(15)21-19(18)20-16;1-11-5-7-13(8-6-11)15-10-12(2)16-14-4-3-9-19-17(14)21-18(16)20-15;1-11-5-6-15(20-10-11)13-8-12(2)17-14-4-3-7-19-18(14)21-16(17)9-13/h3-11H,1-2H3;2*3-10H,1-2H3. The molecule has 0 N–H and O–H groups in total. The number of fused-ring (bicyclic) bond motifs is 9. The summed E-state index contributed by atoms with van der Waals surface area (Å²) in [5, 5.41) is 6.51. The van der Waals surface area contributed by atoms with E-state index in [2.05, 4.69) is 133 Å². The molecule has 8 heteroatoms. The number of hydrogen-bond donors (Lipinski definition) is 0. The quantitative estimate of drug-likeness (QED) is 0.174. The van der Waals surface area contributed by atoms with E-state index in [1.807, 2.05) is 67.7 Å². The summed E-state index contributed by atoms with van der Waals surface area (Å²) in [5.41, 5.74) is 17.8. The van der Waals surface area contributed by atoms with Crippen LogP contribution in [-0.2, 0) is 0 Å². The predicted molar refractivity (Wildman–Crippen MR) is 255 cm³/mol. The van der Waals surface area contributed by atoms with Crippen molar-refractivity contribution in [1.29, 1.82) is 0 Å². The Bertz CT molecular complexity index is 3240. The van der Waals surface area contributed by atoms with Crippen LogP contribution in [-0.4, -0.2) is 24.9 Å². The van der Waals surface area contributed by atoms with Crippen molar-refractivity contribution in [2.45, 2.75) is 41.5 Å². The van der Waals surface area contributed by atoms with E-state index in [1.165, 1.54) is 22.3 Å². The number of para-hydroxylation sites is 1. The summed E-state index contributed by atoms with van der Waals surface area (Å²) in [6.07, 6.45) is 5.37. The number of benzene rings is 4. The Morgan fingerprint density at radius 1 is 0.349 bits per heavy atom. The lowest BCUT2D eigenvalue weighted by atomic mass is 10.0. The van der Waals surface area contributed by atoms with Gasteiger partial charge in [0.15, 0.2) is 0 Å². The van der Waals surface area contributed by atoms with Crippen LogP contribution >= 0.6 is 0 Å². The van der Waals surface area contributed by atoms with E-state index in [-0.39, 0.29) is 0 Å². The summed E-state index contributed by atoms with van der Waals surface area (Å²) in [6, 6.07) is 45.3. The first kappa shape index (κ1) is 39.2. The van der Waals surface area contributed by atoms with Crippen molar-refractivity contribution in [3.05, 3.63) is 185 Å². The SMILES string of the molecule is Cc1ccc(-c2cc(C)c3c(c2)oc2ncccc23)nc1.Cc1ccc(-c2cc(C)c3c(n2)oc2ccccc23)cc1.Cc1ccc(-c2cc(C)c3c(n2)oc2ncccc23)cc1. The number of aryl methyl sites for hydroxylation is 6. The molecule has 8 nitrogen and oxygen atoms in total. The highest BCUT2D eigenvalue weighted by Crippen LogP contribution is 2.35. The molecule has 0 amide bonds. The Labute approximate surface area is 363 Å². The maximum atomic E-state index is 5.91. The Morgan fingerprint density at radius 3 is 1.48 bits per heavy atom. The van der Waals surface area contributed by atoms with Crippen LogP contribution < -0.4 is 0 Å². The van der Waals surface area contributed by atoms with E-state index >= 15 is 0 Å². The van der Waals surface area contributed by atoms with Gasteiger partial charge in [-0.2, -0.15) is 0 Å². The topological polar surface area (TPSA) is 104 Å². The van der Waals surface area contributed by atoms with Crippen LogP contribution in [0.25, 0.3) is 100 Å². The normalized spacial score (nSPS) is 11.3. The summed E-state index contributed by atoms with van der Waals surface area (Å²) in [6.45, 7) is 12.5. The first-order valence-corrected chi connectivity index (χ1v) is 21.0. The third-order valence-corrected chi connectivity index (χ3v) is 11.4. The average Bonchev–Trinajstić information content (AvgIpc) is 3.99.